The van der Waals surface area contributed by atoms with Crippen molar-refractivity contribution in [2.45, 2.75) is 5.33 Å². The van der Waals surface area contributed by atoms with E-state index in [4.69, 9.17) is 34.8 Å². The van der Waals surface area contributed by atoms with Crippen LogP contribution in [0.3, 0.4) is 0 Å². The third kappa shape index (κ3) is 3.13. The third-order valence-electron chi connectivity index (χ3n) is 1.53. The SMILES string of the molecule is Fc1cc(CBr)cc(C(Cl)=C(Cl)Cl)c1. The molecule has 0 aliphatic rings. The molecule has 0 unspecified atom stereocenters. The predicted molar refractivity (Wildman–Crippen MR) is 63.5 cm³/mol. The molecule has 0 heterocycles. The van der Waals surface area contributed by atoms with Crippen molar-refractivity contribution < 1.29 is 4.39 Å². The van der Waals surface area contributed by atoms with Crippen LogP contribution in [0.1, 0.15) is 11.1 Å². The Morgan fingerprint density at radius 3 is 2.36 bits per heavy atom. The van der Waals surface area contributed by atoms with Gasteiger partial charge in [0.1, 0.15) is 10.3 Å². The third-order valence-corrected chi connectivity index (χ3v) is 3.16. The molecule has 0 bridgehead atoms. The van der Waals surface area contributed by atoms with Gasteiger partial charge in [0.15, 0.2) is 0 Å². The summed E-state index contributed by atoms with van der Waals surface area (Å²) in [5.41, 5.74) is 1.24. The molecule has 0 N–H and O–H groups in total. The molecular formula is C9H5BrCl3F. The van der Waals surface area contributed by atoms with Crippen molar-refractivity contribution in [2.24, 2.45) is 0 Å². The van der Waals surface area contributed by atoms with E-state index in [1.807, 2.05) is 0 Å². The standard InChI is InChI=1S/C9H5BrCl3F/c10-4-5-1-6(3-7(14)2-5)8(11)9(12)13/h1-3H,4H2. The Morgan fingerprint density at radius 1 is 1.21 bits per heavy atom. The molecule has 14 heavy (non-hydrogen) atoms. The summed E-state index contributed by atoms with van der Waals surface area (Å²) >= 11 is 20.0. The molecule has 76 valence electrons. The first-order valence-electron chi connectivity index (χ1n) is 3.61. The molecule has 0 spiro atoms. The van der Waals surface area contributed by atoms with Gasteiger partial charge in [0.2, 0.25) is 0 Å². The molecule has 5 heteroatoms. The fourth-order valence-corrected chi connectivity index (χ4v) is 1.61. The Kier molecular flexibility index (Phi) is 4.71. The Hall–Kier alpha value is 0.240. The van der Waals surface area contributed by atoms with Gasteiger partial charge in [-0.05, 0) is 29.3 Å². The van der Waals surface area contributed by atoms with Gasteiger partial charge in [0.25, 0.3) is 0 Å². The summed E-state index contributed by atoms with van der Waals surface area (Å²) in [7, 11) is 0. The average molecular weight is 318 g/mol. The highest BCUT2D eigenvalue weighted by Crippen LogP contribution is 2.29. The first kappa shape index (κ1) is 12.3. The molecule has 0 amide bonds. The van der Waals surface area contributed by atoms with Gasteiger partial charge in [-0.1, -0.05) is 50.7 Å². The van der Waals surface area contributed by atoms with Gasteiger partial charge in [0.05, 0.1) is 5.03 Å². The molecule has 0 saturated heterocycles. The molecule has 0 saturated carbocycles. The number of hydrogen-bond donors (Lipinski definition) is 0. The number of benzene rings is 1. The van der Waals surface area contributed by atoms with Crippen molar-refractivity contribution in [1.29, 1.82) is 0 Å². The van der Waals surface area contributed by atoms with Crippen molar-refractivity contribution >= 4 is 55.8 Å². The van der Waals surface area contributed by atoms with Crippen LogP contribution in [0.5, 0.6) is 0 Å². The van der Waals surface area contributed by atoms with Gasteiger partial charge < -0.3 is 0 Å². The number of alkyl halides is 1. The van der Waals surface area contributed by atoms with Crippen LogP contribution in [0, 0.1) is 5.82 Å². The quantitative estimate of drug-likeness (QED) is 0.668. The first-order chi connectivity index (χ1) is 6.54. The van der Waals surface area contributed by atoms with Crippen molar-refractivity contribution in [3.63, 3.8) is 0 Å². The largest absolute Gasteiger partial charge is 0.207 e. The molecule has 1 rings (SSSR count). The van der Waals surface area contributed by atoms with Crippen LogP contribution in [-0.4, -0.2) is 0 Å². The molecule has 0 aliphatic heterocycles. The van der Waals surface area contributed by atoms with Gasteiger partial charge in [-0.2, -0.15) is 0 Å². The van der Waals surface area contributed by atoms with Crippen LogP contribution in [0.15, 0.2) is 22.7 Å². The summed E-state index contributed by atoms with van der Waals surface area (Å²) in [6.45, 7) is 0. The second kappa shape index (κ2) is 5.36. The van der Waals surface area contributed by atoms with E-state index in [0.29, 0.717) is 10.9 Å². The molecular weight excluding hydrogens is 313 g/mol. The van der Waals surface area contributed by atoms with Gasteiger partial charge in [0, 0.05) is 5.33 Å². The predicted octanol–water partition coefficient (Wildman–Crippen LogP) is 5.06. The lowest BCUT2D eigenvalue weighted by Crippen LogP contribution is -1.86. The van der Waals surface area contributed by atoms with E-state index >= 15 is 0 Å². The first-order valence-corrected chi connectivity index (χ1v) is 5.86. The molecule has 0 fully saturated rings. The molecule has 0 aliphatic carbocycles. The van der Waals surface area contributed by atoms with Gasteiger partial charge in [-0.15, -0.1) is 0 Å². The number of rotatable bonds is 2. The van der Waals surface area contributed by atoms with Gasteiger partial charge in [-0.3, -0.25) is 0 Å². The Balaban J connectivity index is 3.23. The zero-order chi connectivity index (χ0) is 10.7. The fourth-order valence-electron chi connectivity index (χ4n) is 0.963. The average Bonchev–Trinajstić information content (AvgIpc) is 2.15. The van der Waals surface area contributed by atoms with Crippen molar-refractivity contribution in [2.75, 3.05) is 0 Å². The van der Waals surface area contributed by atoms with Crippen LogP contribution in [-0.2, 0) is 5.33 Å². The lowest BCUT2D eigenvalue weighted by atomic mass is 10.1. The summed E-state index contributed by atoms with van der Waals surface area (Å²) in [6.07, 6.45) is 0. The maximum atomic E-state index is 13.1. The smallest absolute Gasteiger partial charge is 0.126 e. The van der Waals surface area contributed by atoms with Crippen LogP contribution in [0.25, 0.3) is 5.03 Å². The highest BCUT2D eigenvalue weighted by Gasteiger charge is 2.06. The zero-order valence-electron chi connectivity index (χ0n) is 6.83. The van der Waals surface area contributed by atoms with Crippen LogP contribution in [0.4, 0.5) is 4.39 Å². The van der Waals surface area contributed by atoms with Crippen LogP contribution in [0.2, 0.25) is 0 Å². The summed E-state index contributed by atoms with van der Waals surface area (Å²) in [6, 6.07) is 4.40. The topological polar surface area (TPSA) is 0 Å². The van der Waals surface area contributed by atoms with Crippen LogP contribution >= 0.6 is 50.7 Å². The van der Waals surface area contributed by atoms with Crippen molar-refractivity contribution in [3.05, 3.63) is 39.6 Å². The summed E-state index contributed by atoms with van der Waals surface area (Å²) in [5.74, 6) is -0.371. The van der Waals surface area contributed by atoms with Crippen molar-refractivity contribution in [1.82, 2.24) is 0 Å². The minimum absolute atomic E-state index is 0.0715. The Morgan fingerprint density at radius 2 is 1.86 bits per heavy atom. The van der Waals surface area contributed by atoms with Gasteiger partial charge in [-0.25, -0.2) is 4.39 Å². The van der Waals surface area contributed by atoms with Crippen molar-refractivity contribution in [3.8, 4) is 0 Å². The van der Waals surface area contributed by atoms with E-state index in [-0.39, 0.29) is 15.3 Å². The van der Waals surface area contributed by atoms with E-state index in [2.05, 4.69) is 15.9 Å². The second-order valence-electron chi connectivity index (χ2n) is 2.56. The highest BCUT2D eigenvalue weighted by molar-refractivity contribution is 9.08. The monoisotopic (exact) mass is 316 g/mol. The molecule has 0 aromatic heterocycles. The van der Waals surface area contributed by atoms with E-state index in [1.165, 1.54) is 12.1 Å². The highest BCUT2D eigenvalue weighted by atomic mass is 79.9. The molecule has 1 aromatic rings. The molecule has 0 atom stereocenters. The number of halogens is 5. The van der Waals surface area contributed by atoms with Crippen LogP contribution < -0.4 is 0 Å². The summed E-state index contributed by atoms with van der Waals surface area (Å²) < 4.78 is 13.0. The van der Waals surface area contributed by atoms with E-state index in [0.717, 1.165) is 5.56 Å². The minimum Gasteiger partial charge on any atom is -0.207 e. The molecule has 1 aromatic carbocycles. The Labute approximate surface area is 105 Å². The maximum absolute atomic E-state index is 13.1. The van der Waals surface area contributed by atoms with E-state index in [9.17, 15) is 4.39 Å². The minimum atomic E-state index is -0.371. The molecule has 0 nitrogen and oxygen atoms in total. The summed E-state index contributed by atoms with van der Waals surface area (Å²) in [4.78, 5) is 0. The second-order valence-corrected chi connectivity index (χ2v) is 4.44. The lowest BCUT2D eigenvalue weighted by Gasteiger charge is -2.03. The molecule has 0 radical (unpaired) electrons. The van der Waals surface area contributed by atoms with E-state index < -0.39 is 0 Å². The normalized spacial score (nSPS) is 10.1. The maximum Gasteiger partial charge on any atom is 0.126 e. The summed E-state index contributed by atoms with van der Waals surface area (Å²) in [5, 5.41) is 0.692. The Bertz CT molecular complexity index is 372. The zero-order valence-corrected chi connectivity index (χ0v) is 10.7. The van der Waals surface area contributed by atoms with E-state index in [1.54, 1.807) is 6.07 Å². The fraction of sp³-hybridized carbons (Fsp3) is 0.111. The lowest BCUT2D eigenvalue weighted by molar-refractivity contribution is 0.626. The number of hydrogen-bond acceptors (Lipinski definition) is 0. The van der Waals surface area contributed by atoms with Gasteiger partial charge >= 0.3 is 0 Å².